The van der Waals surface area contributed by atoms with Crippen molar-refractivity contribution < 1.29 is 19.8 Å². The summed E-state index contributed by atoms with van der Waals surface area (Å²) in [5.74, 6) is 0. The number of nitrogens with two attached hydrogens (primary N) is 2. The summed E-state index contributed by atoms with van der Waals surface area (Å²) in [6.45, 7) is 0. The van der Waals surface area contributed by atoms with E-state index in [1.165, 1.54) is 0 Å². The van der Waals surface area contributed by atoms with Gasteiger partial charge in [0.1, 0.15) is 0 Å². The monoisotopic (exact) mass is 173 g/mol. The molecule has 0 bridgehead atoms. The van der Waals surface area contributed by atoms with Crippen molar-refractivity contribution in [1.29, 1.82) is 0 Å². The Bertz CT molecular complexity index is 76.5. The minimum absolute atomic E-state index is 0. The zero-order valence-electron chi connectivity index (χ0n) is 5.07. The van der Waals surface area contributed by atoms with Gasteiger partial charge in [-0.1, -0.05) is 0 Å². The van der Waals surface area contributed by atoms with E-state index >= 15 is 0 Å². The molecule has 0 heterocycles. The molecule has 0 radical (unpaired) electrons. The minimum atomic E-state index is -1.33. The molecule has 0 spiro atoms. The van der Waals surface area contributed by atoms with Gasteiger partial charge < -0.3 is 27.8 Å². The predicted octanol–water partition coefficient (Wildman–Crippen LogP) is -0.479. The average molecular weight is 173 g/mol. The number of primary amides is 2. The van der Waals surface area contributed by atoms with Crippen LogP contribution in [0.3, 0.4) is 0 Å². The van der Waals surface area contributed by atoms with Gasteiger partial charge in [-0.15, -0.1) is 0 Å². The van der Waals surface area contributed by atoms with Gasteiger partial charge in [0.05, 0.1) is 0 Å². The number of rotatable bonds is 0. The summed E-state index contributed by atoms with van der Waals surface area (Å²) in [7, 11) is 0. The Kier molecular flexibility index (Phi) is 36.3. The average Bonchev–Trinajstić information content (AvgIpc) is 1.25. The maximum absolute atomic E-state index is 8.78. The van der Waals surface area contributed by atoms with E-state index in [2.05, 4.69) is 11.5 Å². The van der Waals surface area contributed by atoms with Crippen LogP contribution in [0.2, 0.25) is 0 Å². The van der Waals surface area contributed by atoms with E-state index in [4.69, 9.17) is 19.8 Å². The van der Waals surface area contributed by atoms with Crippen LogP contribution in [0.1, 0.15) is 0 Å². The lowest BCUT2D eigenvalue weighted by Gasteiger charge is -1.61. The number of amides is 2. The molecule has 0 saturated carbocycles. The summed E-state index contributed by atoms with van der Waals surface area (Å²) in [5, 5.41) is 14.4. The van der Waals surface area contributed by atoms with Crippen LogP contribution in [0.25, 0.3) is 0 Å². The molecular weight excluding hydrogens is 162 g/mol. The summed E-state index contributed by atoms with van der Waals surface area (Å²) in [4.78, 5) is 17.6. The standard InChI is InChI=1S/2CH3NO2.H3N.H2S/c2*2-1(3)4;;/h2*2H2,(H,3,4);1H3;1H2. The third kappa shape index (κ3) is 177. The lowest BCUT2D eigenvalue weighted by atomic mass is 11.3. The van der Waals surface area contributed by atoms with Gasteiger partial charge in [0.15, 0.2) is 0 Å². The maximum Gasteiger partial charge on any atom is 0.402 e. The molecule has 10 heavy (non-hydrogen) atoms. The maximum atomic E-state index is 8.78. The Balaban J connectivity index is -0.0000000300. The molecule has 0 aromatic carbocycles. The van der Waals surface area contributed by atoms with E-state index in [1.807, 2.05) is 0 Å². The van der Waals surface area contributed by atoms with Gasteiger partial charge in [0.25, 0.3) is 0 Å². The van der Waals surface area contributed by atoms with Crippen molar-refractivity contribution in [2.75, 3.05) is 0 Å². The second-order valence-corrected chi connectivity index (χ2v) is 0.676. The third-order valence-electron chi connectivity index (χ3n) is 0. The second kappa shape index (κ2) is 15.7. The van der Waals surface area contributed by atoms with Crippen LogP contribution >= 0.6 is 13.5 Å². The molecule has 2 amide bonds. The van der Waals surface area contributed by atoms with Gasteiger partial charge in [-0.05, 0) is 0 Å². The van der Waals surface area contributed by atoms with Gasteiger partial charge >= 0.3 is 12.2 Å². The van der Waals surface area contributed by atoms with E-state index in [0.29, 0.717) is 0 Å². The Hall–Kier alpha value is -1.15. The van der Waals surface area contributed by atoms with Crippen molar-refractivity contribution in [3.8, 4) is 0 Å². The fourth-order valence-corrected chi connectivity index (χ4v) is 0. The van der Waals surface area contributed by atoms with Crippen molar-refractivity contribution in [2.45, 2.75) is 0 Å². The van der Waals surface area contributed by atoms with E-state index in [0.717, 1.165) is 0 Å². The molecule has 7 nitrogen and oxygen atoms in total. The molecule has 0 aromatic rings. The van der Waals surface area contributed by atoms with Crippen LogP contribution in [0.4, 0.5) is 9.59 Å². The molecule has 0 rings (SSSR count). The molecule has 0 aliphatic rings. The van der Waals surface area contributed by atoms with Crippen LogP contribution < -0.4 is 17.6 Å². The third-order valence-corrected chi connectivity index (χ3v) is 0. The van der Waals surface area contributed by atoms with Crippen LogP contribution in [0, 0.1) is 0 Å². The second-order valence-electron chi connectivity index (χ2n) is 0.676. The summed E-state index contributed by atoms with van der Waals surface area (Å²) >= 11 is 0. The summed E-state index contributed by atoms with van der Waals surface area (Å²) in [6, 6.07) is 0. The summed E-state index contributed by atoms with van der Waals surface area (Å²) in [5.41, 5.74) is 8.06. The number of hydrogen-bond donors (Lipinski definition) is 5. The topological polar surface area (TPSA) is 162 Å². The number of carboxylic acid groups (broad SMARTS) is 2. The molecule has 8 heteroatoms. The molecule has 0 saturated heterocycles. The SMILES string of the molecule is N.NC(=O)O.NC(=O)O.S. The smallest absolute Gasteiger partial charge is 0.402 e. The van der Waals surface area contributed by atoms with Crippen molar-refractivity contribution in [2.24, 2.45) is 11.5 Å². The van der Waals surface area contributed by atoms with Crippen molar-refractivity contribution >= 4 is 25.7 Å². The van der Waals surface area contributed by atoms with E-state index in [-0.39, 0.29) is 19.6 Å². The fourth-order valence-electron chi connectivity index (χ4n) is 0. The van der Waals surface area contributed by atoms with E-state index < -0.39 is 12.2 Å². The highest BCUT2D eigenvalue weighted by molar-refractivity contribution is 7.59. The lowest BCUT2D eigenvalue weighted by molar-refractivity contribution is 0.204. The molecule has 0 aromatic heterocycles. The quantitative estimate of drug-likeness (QED) is 0.333. The highest BCUT2D eigenvalue weighted by Crippen LogP contribution is 1.35. The van der Waals surface area contributed by atoms with Crippen LogP contribution in [0.15, 0.2) is 0 Å². The number of hydrogen-bond acceptors (Lipinski definition) is 3. The van der Waals surface area contributed by atoms with Crippen LogP contribution in [-0.2, 0) is 0 Å². The first-order valence-electron chi connectivity index (χ1n) is 1.43. The molecule has 9 N–H and O–H groups in total. The predicted molar refractivity (Wildman–Crippen MR) is 39.8 cm³/mol. The van der Waals surface area contributed by atoms with Crippen LogP contribution in [-0.4, -0.2) is 22.4 Å². The van der Waals surface area contributed by atoms with Gasteiger partial charge in [-0.25, -0.2) is 9.59 Å². The zero-order valence-corrected chi connectivity index (χ0v) is 6.07. The van der Waals surface area contributed by atoms with Gasteiger partial charge in [0, 0.05) is 0 Å². The molecule has 0 unspecified atom stereocenters. The first kappa shape index (κ1) is 23.2. The molecule has 0 fully saturated rings. The fraction of sp³-hybridized carbons (Fsp3) is 0. The summed E-state index contributed by atoms with van der Waals surface area (Å²) < 4.78 is 0. The molecule has 0 atom stereocenters. The lowest BCUT2D eigenvalue weighted by Crippen LogP contribution is -2.03. The van der Waals surface area contributed by atoms with Gasteiger partial charge in [-0.2, -0.15) is 13.5 Å². The first-order chi connectivity index (χ1) is 3.46. The van der Waals surface area contributed by atoms with Crippen LogP contribution in [0.5, 0.6) is 0 Å². The highest BCUT2D eigenvalue weighted by Gasteiger charge is 1.65. The Labute approximate surface area is 64.0 Å². The van der Waals surface area contributed by atoms with Crippen molar-refractivity contribution in [3.63, 3.8) is 0 Å². The molecular formula is C2H11N3O4S. The van der Waals surface area contributed by atoms with Crippen molar-refractivity contribution in [3.05, 3.63) is 0 Å². The largest absolute Gasteiger partial charge is 0.465 e. The molecule has 64 valence electrons. The van der Waals surface area contributed by atoms with Gasteiger partial charge in [0.2, 0.25) is 0 Å². The number of carbonyl (C=O) groups is 2. The van der Waals surface area contributed by atoms with Gasteiger partial charge in [-0.3, -0.25) is 0 Å². The first-order valence-corrected chi connectivity index (χ1v) is 1.43. The van der Waals surface area contributed by atoms with Crippen molar-refractivity contribution in [1.82, 2.24) is 6.15 Å². The normalized spacial score (nSPS) is 4.80. The molecule has 0 aliphatic carbocycles. The van der Waals surface area contributed by atoms with E-state index in [1.54, 1.807) is 0 Å². The zero-order chi connectivity index (χ0) is 7.15. The summed E-state index contributed by atoms with van der Waals surface area (Å²) in [6.07, 6.45) is -2.67. The van der Waals surface area contributed by atoms with E-state index in [9.17, 15) is 0 Å². The molecule has 0 aliphatic heterocycles. The Morgan fingerprint density at radius 1 is 1.00 bits per heavy atom. The highest BCUT2D eigenvalue weighted by atomic mass is 32.1. The minimum Gasteiger partial charge on any atom is -0.465 e. The Morgan fingerprint density at radius 3 is 1.00 bits per heavy atom. The Morgan fingerprint density at radius 2 is 1.00 bits per heavy atom.